The molecule has 2 aromatic rings. The summed E-state index contributed by atoms with van der Waals surface area (Å²) in [6, 6.07) is 5.82. The minimum atomic E-state index is 0.745. The fraction of sp³-hybridized carbons (Fsp3) is 0.500. The van der Waals surface area contributed by atoms with E-state index in [0.29, 0.717) is 0 Å². The van der Waals surface area contributed by atoms with E-state index in [1.165, 1.54) is 6.42 Å². The van der Waals surface area contributed by atoms with Gasteiger partial charge >= 0.3 is 0 Å². The molecule has 0 spiro atoms. The van der Waals surface area contributed by atoms with E-state index in [1.54, 1.807) is 0 Å². The van der Waals surface area contributed by atoms with Gasteiger partial charge in [-0.15, -0.1) is 0 Å². The van der Waals surface area contributed by atoms with E-state index in [9.17, 15) is 0 Å². The second kappa shape index (κ2) is 4.19. The quantitative estimate of drug-likeness (QED) is 0.798. The van der Waals surface area contributed by atoms with E-state index in [0.717, 1.165) is 47.6 Å². The molecule has 1 unspecified atom stereocenters. The summed E-state index contributed by atoms with van der Waals surface area (Å²) in [5.74, 6) is 2.51. The fourth-order valence-electron chi connectivity index (χ4n) is 2.69. The van der Waals surface area contributed by atoms with Crippen molar-refractivity contribution >= 4 is 22.7 Å². The van der Waals surface area contributed by atoms with Crippen molar-refractivity contribution in [2.45, 2.75) is 20.3 Å². The third-order valence-electron chi connectivity index (χ3n) is 3.96. The van der Waals surface area contributed by atoms with Gasteiger partial charge in [-0.2, -0.15) is 0 Å². The van der Waals surface area contributed by atoms with Crippen LogP contribution in [0, 0.1) is 11.8 Å². The molecule has 4 nitrogen and oxygen atoms in total. The predicted molar refractivity (Wildman–Crippen MR) is 75.7 cm³/mol. The summed E-state index contributed by atoms with van der Waals surface area (Å²) in [5, 5.41) is 0. The maximum atomic E-state index is 5.79. The first kappa shape index (κ1) is 11.4. The largest absolute Gasteiger partial charge is 0.399 e. The summed E-state index contributed by atoms with van der Waals surface area (Å²) in [6.45, 7) is 6.80. The van der Waals surface area contributed by atoms with Crippen LogP contribution in [0.4, 0.5) is 11.6 Å². The summed E-state index contributed by atoms with van der Waals surface area (Å²) in [6.07, 6.45) is 1.26. The van der Waals surface area contributed by atoms with Crippen LogP contribution < -0.4 is 10.6 Å². The SMILES string of the molecule is CC(C)C1CCN(c2nc3ccc(N)cc3[nH]2)C1. The normalized spacial score (nSPS) is 20.2. The monoisotopic (exact) mass is 244 g/mol. The third-order valence-corrected chi connectivity index (χ3v) is 3.96. The minimum Gasteiger partial charge on any atom is -0.399 e. The molecule has 1 aromatic carbocycles. The zero-order valence-corrected chi connectivity index (χ0v) is 11.0. The first-order valence-corrected chi connectivity index (χ1v) is 6.63. The number of nitrogens with one attached hydrogen (secondary N) is 1. The number of anilines is 2. The third kappa shape index (κ3) is 1.92. The number of rotatable bonds is 2. The number of fused-ring (bicyclic) bond motifs is 1. The number of aromatic nitrogens is 2. The number of H-pyrrole nitrogens is 1. The molecule has 1 aliphatic heterocycles. The van der Waals surface area contributed by atoms with Crippen LogP contribution in [0.2, 0.25) is 0 Å². The minimum absolute atomic E-state index is 0.745. The number of hydrogen-bond donors (Lipinski definition) is 2. The number of aromatic amines is 1. The van der Waals surface area contributed by atoms with E-state index in [2.05, 4.69) is 28.7 Å². The molecule has 4 heteroatoms. The number of benzene rings is 1. The highest BCUT2D eigenvalue weighted by Gasteiger charge is 2.26. The van der Waals surface area contributed by atoms with Crippen molar-refractivity contribution in [1.82, 2.24) is 9.97 Å². The Labute approximate surface area is 107 Å². The van der Waals surface area contributed by atoms with Gasteiger partial charge in [-0.3, -0.25) is 0 Å². The van der Waals surface area contributed by atoms with Gasteiger partial charge in [0.15, 0.2) is 0 Å². The molecule has 0 saturated carbocycles. The van der Waals surface area contributed by atoms with E-state index >= 15 is 0 Å². The number of nitrogen functional groups attached to an aromatic ring is 1. The Morgan fingerprint density at radius 1 is 1.44 bits per heavy atom. The fourth-order valence-corrected chi connectivity index (χ4v) is 2.69. The van der Waals surface area contributed by atoms with E-state index in [1.807, 2.05) is 18.2 Å². The Balaban J connectivity index is 1.87. The summed E-state index contributed by atoms with van der Waals surface area (Å²) in [7, 11) is 0. The Hall–Kier alpha value is -1.71. The molecule has 2 heterocycles. The highest BCUT2D eigenvalue weighted by molar-refractivity contribution is 5.80. The van der Waals surface area contributed by atoms with Crippen molar-refractivity contribution in [2.75, 3.05) is 23.7 Å². The molecular weight excluding hydrogens is 224 g/mol. The molecule has 1 aromatic heterocycles. The van der Waals surface area contributed by atoms with Crippen molar-refractivity contribution in [3.8, 4) is 0 Å². The summed E-state index contributed by atoms with van der Waals surface area (Å²) in [4.78, 5) is 10.4. The second-order valence-corrected chi connectivity index (χ2v) is 5.58. The Kier molecular flexibility index (Phi) is 2.65. The maximum Gasteiger partial charge on any atom is 0.203 e. The number of imidazole rings is 1. The number of hydrogen-bond acceptors (Lipinski definition) is 3. The molecule has 1 aliphatic rings. The zero-order chi connectivity index (χ0) is 12.7. The second-order valence-electron chi connectivity index (χ2n) is 5.58. The van der Waals surface area contributed by atoms with E-state index in [4.69, 9.17) is 5.73 Å². The molecule has 1 atom stereocenters. The lowest BCUT2D eigenvalue weighted by molar-refractivity contribution is 0.422. The van der Waals surface area contributed by atoms with Crippen LogP contribution >= 0.6 is 0 Å². The smallest absolute Gasteiger partial charge is 0.203 e. The molecule has 0 aliphatic carbocycles. The van der Waals surface area contributed by atoms with Crippen LogP contribution in [0.25, 0.3) is 11.0 Å². The average Bonchev–Trinajstić information content (AvgIpc) is 2.93. The van der Waals surface area contributed by atoms with Gasteiger partial charge in [0.2, 0.25) is 5.95 Å². The molecule has 3 rings (SSSR count). The van der Waals surface area contributed by atoms with E-state index < -0.39 is 0 Å². The van der Waals surface area contributed by atoms with Crippen molar-refractivity contribution < 1.29 is 0 Å². The zero-order valence-electron chi connectivity index (χ0n) is 11.0. The van der Waals surface area contributed by atoms with Gasteiger partial charge in [0.1, 0.15) is 0 Å². The highest BCUT2D eigenvalue weighted by atomic mass is 15.3. The first-order chi connectivity index (χ1) is 8.63. The van der Waals surface area contributed by atoms with Crippen LogP contribution in [0.15, 0.2) is 18.2 Å². The summed E-state index contributed by atoms with van der Waals surface area (Å²) in [5.41, 5.74) is 8.58. The lowest BCUT2D eigenvalue weighted by atomic mass is 9.95. The van der Waals surface area contributed by atoms with Crippen LogP contribution in [0.5, 0.6) is 0 Å². The molecule has 96 valence electrons. The Bertz CT molecular complexity index is 558. The van der Waals surface area contributed by atoms with E-state index in [-0.39, 0.29) is 0 Å². The Morgan fingerprint density at radius 3 is 3.00 bits per heavy atom. The number of nitrogens with two attached hydrogens (primary N) is 1. The van der Waals surface area contributed by atoms with Gasteiger partial charge < -0.3 is 15.6 Å². The average molecular weight is 244 g/mol. The lowest BCUT2D eigenvalue weighted by Crippen LogP contribution is -2.22. The van der Waals surface area contributed by atoms with Gasteiger partial charge in [-0.05, 0) is 36.5 Å². The van der Waals surface area contributed by atoms with Crippen LogP contribution in [0.3, 0.4) is 0 Å². The molecule has 3 N–H and O–H groups in total. The van der Waals surface area contributed by atoms with Crippen LogP contribution in [-0.4, -0.2) is 23.1 Å². The van der Waals surface area contributed by atoms with Gasteiger partial charge in [-0.1, -0.05) is 13.8 Å². The van der Waals surface area contributed by atoms with Crippen LogP contribution in [-0.2, 0) is 0 Å². The summed E-state index contributed by atoms with van der Waals surface area (Å²) < 4.78 is 0. The topological polar surface area (TPSA) is 57.9 Å². The van der Waals surface area contributed by atoms with Crippen molar-refractivity contribution in [3.63, 3.8) is 0 Å². The van der Waals surface area contributed by atoms with Crippen molar-refractivity contribution in [2.24, 2.45) is 11.8 Å². The van der Waals surface area contributed by atoms with Gasteiger partial charge in [-0.25, -0.2) is 4.98 Å². The molecule has 1 fully saturated rings. The molecule has 0 radical (unpaired) electrons. The molecule has 1 saturated heterocycles. The van der Waals surface area contributed by atoms with Crippen molar-refractivity contribution in [3.05, 3.63) is 18.2 Å². The maximum absolute atomic E-state index is 5.79. The molecule has 18 heavy (non-hydrogen) atoms. The summed E-state index contributed by atoms with van der Waals surface area (Å²) >= 11 is 0. The number of nitrogens with zero attached hydrogens (tertiary/aromatic N) is 2. The lowest BCUT2D eigenvalue weighted by Gasteiger charge is -2.16. The molecule has 0 amide bonds. The standard InChI is InChI=1S/C14H20N4/c1-9(2)10-5-6-18(8-10)14-16-12-4-3-11(15)7-13(12)17-14/h3-4,7,9-10H,5-6,8,15H2,1-2H3,(H,16,17). The molecule has 0 bridgehead atoms. The van der Waals surface area contributed by atoms with Gasteiger partial charge in [0.25, 0.3) is 0 Å². The van der Waals surface area contributed by atoms with Gasteiger partial charge in [0, 0.05) is 18.8 Å². The highest BCUT2D eigenvalue weighted by Crippen LogP contribution is 2.28. The van der Waals surface area contributed by atoms with Gasteiger partial charge in [0.05, 0.1) is 11.0 Å². The van der Waals surface area contributed by atoms with Crippen LogP contribution in [0.1, 0.15) is 20.3 Å². The molecular formula is C14H20N4. The predicted octanol–water partition coefficient (Wildman–Crippen LogP) is 2.63. The Morgan fingerprint density at radius 2 is 2.28 bits per heavy atom. The van der Waals surface area contributed by atoms with Crippen molar-refractivity contribution in [1.29, 1.82) is 0 Å². The first-order valence-electron chi connectivity index (χ1n) is 6.63.